The second kappa shape index (κ2) is 24.5. The van der Waals surface area contributed by atoms with Crippen LogP contribution >= 0.6 is 0 Å². The number of nitrogens with two attached hydrogens (primary N) is 2. The van der Waals surface area contributed by atoms with E-state index in [1.54, 1.807) is 36.9 Å². The standard InChI is InChI=1S/C31H35N5O2.C30H33N5O3/c1-21-7-9-22(10-8-21)18-28(30(32)38)34-29(37)16-15-26-19-27(23-6-5-17-33-20-23)35-36(26)25-13-11-24(12-14-25)31(2,3)4;1-30(2,3)22-8-11-24(12-9-22)35-27(21-5-4-16-32-19-21)18-23(34-35)10-15-28(37)33-26(29(31)38)17-20-6-13-25(36)14-7-20/h5-14,17,19-20,28H,15-16,18H2,1-4H3,(H2,32,38)(H,34,37);4-9,11-14,16,18-19,26,36H,10,15,17H2,1-3H3,(H2,31,38)(H,33,37)/t28-;26-/m00/s1. The summed E-state index contributed by atoms with van der Waals surface area (Å²) in [6, 6.07) is 40.9. The highest BCUT2D eigenvalue weighted by atomic mass is 16.3. The zero-order chi connectivity index (χ0) is 54.6. The molecule has 15 heteroatoms. The second-order valence-electron chi connectivity index (χ2n) is 21.0. The summed E-state index contributed by atoms with van der Waals surface area (Å²) in [7, 11) is 0. The average Bonchev–Trinajstić information content (AvgIpc) is 4.05. The molecule has 392 valence electrons. The number of hydrogen-bond acceptors (Lipinski definition) is 9. The number of aryl methyl sites for hydroxylation is 3. The third-order valence-electron chi connectivity index (χ3n) is 12.9. The summed E-state index contributed by atoms with van der Waals surface area (Å²) < 4.78 is 3.74. The molecule has 4 aromatic heterocycles. The fourth-order valence-electron chi connectivity index (χ4n) is 8.44. The number of phenolic OH excluding ortho intramolecular Hbond substituents is 1. The lowest BCUT2D eigenvalue weighted by molar-refractivity contribution is -0.127. The van der Waals surface area contributed by atoms with Crippen LogP contribution in [0.5, 0.6) is 5.75 Å². The molecule has 7 N–H and O–H groups in total. The first-order valence-electron chi connectivity index (χ1n) is 25.4. The molecule has 0 aliphatic carbocycles. The van der Waals surface area contributed by atoms with Crippen LogP contribution in [0.25, 0.3) is 33.9 Å². The number of aromatic hydroxyl groups is 1. The Labute approximate surface area is 444 Å². The van der Waals surface area contributed by atoms with Gasteiger partial charge in [0.05, 0.1) is 28.5 Å². The Hall–Kier alpha value is -8.72. The van der Waals surface area contributed by atoms with E-state index in [4.69, 9.17) is 21.7 Å². The maximum atomic E-state index is 12.9. The molecule has 0 spiro atoms. The van der Waals surface area contributed by atoms with Crippen LogP contribution in [0.3, 0.4) is 0 Å². The number of amides is 4. The van der Waals surface area contributed by atoms with E-state index in [0.29, 0.717) is 19.3 Å². The molecule has 4 aromatic carbocycles. The van der Waals surface area contributed by atoms with E-state index in [2.05, 4.69) is 98.5 Å². The molecule has 76 heavy (non-hydrogen) atoms. The molecular formula is C61H68N10O5. The number of benzene rings is 4. The Balaban J connectivity index is 0.000000221. The summed E-state index contributed by atoms with van der Waals surface area (Å²) in [5.41, 5.74) is 23.5. The molecule has 8 aromatic rings. The minimum Gasteiger partial charge on any atom is -0.508 e. The largest absolute Gasteiger partial charge is 0.508 e. The number of pyridine rings is 2. The van der Waals surface area contributed by atoms with Gasteiger partial charge in [-0.05, 0) is 119 Å². The monoisotopic (exact) mass is 1020 g/mol. The molecule has 8 rings (SSSR count). The van der Waals surface area contributed by atoms with E-state index < -0.39 is 23.9 Å². The highest BCUT2D eigenvalue weighted by molar-refractivity contribution is 5.87. The maximum Gasteiger partial charge on any atom is 0.240 e. The van der Waals surface area contributed by atoms with Crippen molar-refractivity contribution in [2.75, 3.05) is 0 Å². The van der Waals surface area contributed by atoms with Crippen molar-refractivity contribution >= 4 is 23.6 Å². The minimum atomic E-state index is -0.850. The van der Waals surface area contributed by atoms with Crippen LogP contribution in [0.1, 0.15) is 93.6 Å². The summed E-state index contributed by atoms with van der Waals surface area (Å²) >= 11 is 0. The van der Waals surface area contributed by atoms with Crippen molar-refractivity contribution in [3.63, 3.8) is 0 Å². The smallest absolute Gasteiger partial charge is 0.240 e. The summed E-state index contributed by atoms with van der Waals surface area (Å²) in [5, 5.41) is 24.7. The van der Waals surface area contributed by atoms with E-state index in [9.17, 15) is 24.3 Å². The number of phenols is 1. The van der Waals surface area contributed by atoms with Crippen molar-refractivity contribution in [3.8, 4) is 39.6 Å². The van der Waals surface area contributed by atoms with E-state index in [1.807, 2.05) is 89.1 Å². The quantitative estimate of drug-likeness (QED) is 0.0553. The molecular weight excluding hydrogens is 953 g/mol. The topological polar surface area (TPSA) is 226 Å². The van der Waals surface area contributed by atoms with Gasteiger partial charge in [-0.3, -0.25) is 29.1 Å². The van der Waals surface area contributed by atoms with Crippen molar-refractivity contribution in [1.29, 1.82) is 0 Å². The summed E-state index contributed by atoms with van der Waals surface area (Å²) in [6.07, 6.45) is 8.76. The molecule has 2 atom stereocenters. The van der Waals surface area contributed by atoms with Gasteiger partial charge in [0, 0.05) is 73.7 Å². The van der Waals surface area contributed by atoms with Crippen molar-refractivity contribution in [2.24, 2.45) is 11.5 Å². The number of carbonyl (C=O) groups excluding carboxylic acids is 4. The normalized spacial score (nSPS) is 12.2. The molecule has 0 aliphatic heterocycles. The Bertz CT molecular complexity index is 3210. The van der Waals surface area contributed by atoms with Gasteiger partial charge < -0.3 is 27.2 Å². The molecule has 0 unspecified atom stereocenters. The fraction of sp³-hybridized carbons (Fsp3) is 0.279. The number of rotatable bonds is 18. The van der Waals surface area contributed by atoms with E-state index in [1.165, 1.54) is 23.3 Å². The maximum absolute atomic E-state index is 12.9. The fourth-order valence-corrected chi connectivity index (χ4v) is 8.44. The van der Waals surface area contributed by atoms with Crippen LogP contribution in [0.15, 0.2) is 158 Å². The third-order valence-corrected chi connectivity index (χ3v) is 12.9. The number of aromatic nitrogens is 6. The van der Waals surface area contributed by atoms with Crippen molar-refractivity contribution in [2.45, 2.75) is 110 Å². The van der Waals surface area contributed by atoms with Gasteiger partial charge in [0.25, 0.3) is 0 Å². The number of primary amides is 2. The van der Waals surface area contributed by atoms with Gasteiger partial charge in [-0.2, -0.15) is 10.2 Å². The van der Waals surface area contributed by atoms with Gasteiger partial charge in [0.15, 0.2) is 0 Å². The molecule has 0 bridgehead atoms. The van der Waals surface area contributed by atoms with Gasteiger partial charge in [-0.1, -0.05) is 108 Å². The van der Waals surface area contributed by atoms with E-state index in [0.717, 1.165) is 62.0 Å². The van der Waals surface area contributed by atoms with Crippen LogP contribution in [0.2, 0.25) is 0 Å². The number of carbonyl (C=O) groups is 4. The first kappa shape index (κ1) is 55.0. The molecule has 15 nitrogen and oxygen atoms in total. The van der Waals surface area contributed by atoms with Crippen molar-refractivity contribution in [3.05, 3.63) is 197 Å². The summed E-state index contributed by atoms with van der Waals surface area (Å²) in [6.45, 7) is 15.1. The Morgan fingerprint density at radius 1 is 0.579 bits per heavy atom. The zero-order valence-corrected chi connectivity index (χ0v) is 44.3. The Kier molecular flexibility index (Phi) is 17.8. The summed E-state index contributed by atoms with van der Waals surface area (Å²) in [5.74, 6) is -1.57. The predicted molar refractivity (Wildman–Crippen MR) is 297 cm³/mol. The lowest BCUT2D eigenvalue weighted by Gasteiger charge is -2.19. The Morgan fingerprint density at radius 2 is 1.05 bits per heavy atom. The first-order valence-corrected chi connectivity index (χ1v) is 25.4. The van der Waals surface area contributed by atoms with Gasteiger partial charge >= 0.3 is 0 Å². The Morgan fingerprint density at radius 3 is 1.53 bits per heavy atom. The van der Waals surface area contributed by atoms with Crippen molar-refractivity contribution < 1.29 is 24.3 Å². The number of hydrogen-bond donors (Lipinski definition) is 5. The predicted octanol–water partition coefficient (Wildman–Crippen LogP) is 8.77. The number of nitrogens with one attached hydrogen (secondary N) is 2. The second-order valence-corrected chi connectivity index (χ2v) is 21.0. The molecule has 0 saturated carbocycles. The zero-order valence-electron chi connectivity index (χ0n) is 44.3. The van der Waals surface area contributed by atoms with Crippen molar-refractivity contribution in [1.82, 2.24) is 40.2 Å². The lowest BCUT2D eigenvalue weighted by atomic mass is 9.87. The highest BCUT2D eigenvalue weighted by Gasteiger charge is 2.23. The molecule has 4 amide bonds. The van der Waals surface area contributed by atoms with Crippen LogP contribution in [0, 0.1) is 6.92 Å². The lowest BCUT2D eigenvalue weighted by Crippen LogP contribution is -2.45. The minimum absolute atomic E-state index is 0.0401. The molecule has 4 heterocycles. The first-order chi connectivity index (χ1) is 36.2. The molecule has 0 radical (unpaired) electrons. The SMILES string of the molecule is CC(C)(C)c1ccc(-n2nc(CCC(=O)N[C@@H](Cc3ccc(O)cc3)C(N)=O)cc2-c2cccnc2)cc1.Cc1ccc(C[C@H](NC(=O)CCc2cc(-c3cccnc3)nn2-c2ccc(C(C)(C)C)cc2)C(N)=O)cc1. The average molecular weight is 1020 g/mol. The third kappa shape index (κ3) is 15.2. The van der Waals surface area contributed by atoms with E-state index >= 15 is 0 Å². The van der Waals surface area contributed by atoms with Crippen LogP contribution < -0.4 is 22.1 Å². The van der Waals surface area contributed by atoms with E-state index in [-0.39, 0.29) is 47.7 Å². The van der Waals surface area contributed by atoms with Gasteiger partial charge in [-0.25, -0.2) is 9.36 Å². The molecule has 0 saturated heterocycles. The van der Waals surface area contributed by atoms with Gasteiger partial charge in [-0.15, -0.1) is 0 Å². The number of nitrogens with zero attached hydrogens (tertiary/aromatic N) is 6. The molecule has 0 aliphatic rings. The van der Waals surface area contributed by atoms with Crippen LogP contribution in [-0.4, -0.2) is 70.3 Å². The van der Waals surface area contributed by atoms with Gasteiger partial charge in [0.2, 0.25) is 23.6 Å². The highest BCUT2D eigenvalue weighted by Crippen LogP contribution is 2.29. The molecule has 0 fully saturated rings. The van der Waals surface area contributed by atoms with Crippen LogP contribution in [-0.2, 0) is 55.7 Å². The van der Waals surface area contributed by atoms with Crippen LogP contribution in [0.4, 0.5) is 0 Å². The summed E-state index contributed by atoms with van der Waals surface area (Å²) in [4.78, 5) is 58.1. The van der Waals surface area contributed by atoms with Gasteiger partial charge in [0.1, 0.15) is 17.8 Å².